The number of ether oxygens (including phenoxy) is 1. The van der Waals surface area contributed by atoms with Crippen molar-refractivity contribution < 1.29 is 4.74 Å². The van der Waals surface area contributed by atoms with Gasteiger partial charge in [-0.1, -0.05) is 12.1 Å². The summed E-state index contributed by atoms with van der Waals surface area (Å²) in [5, 5.41) is 0.370. The molecule has 3 rings (SSSR count). The highest BCUT2D eigenvalue weighted by atomic mass is 16.5. The number of methoxy groups -OCH3 is 1. The van der Waals surface area contributed by atoms with Crippen LogP contribution < -0.4 is 16.0 Å². The highest BCUT2D eigenvalue weighted by Gasteiger charge is 2.12. The predicted molar refractivity (Wildman–Crippen MR) is 74.5 cm³/mol. The Hall–Kier alpha value is -2.89. The molecule has 0 bridgehead atoms. The van der Waals surface area contributed by atoms with Crippen molar-refractivity contribution >= 4 is 10.9 Å². The summed E-state index contributed by atoms with van der Waals surface area (Å²) in [6, 6.07) is 10.0. The minimum absolute atomic E-state index is 0.281. The van der Waals surface area contributed by atoms with Gasteiger partial charge in [0.25, 0.3) is 5.56 Å². The zero-order valence-corrected chi connectivity index (χ0v) is 10.7. The van der Waals surface area contributed by atoms with Crippen LogP contribution in [0.4, 0.5) is 0 Å². The number of benzene rings is 1. The number of hydrogen-bond acceptors (Lipinski definition) is 4. The Morgan fingerprint density at radius 3 is 2.70 bits per heavy atom. The molecule has 20 heavy (non-hydrogen) atoms. The Balaban J connectivity index is 2.43. The molecule has 3 aromatic rings. The molecule has 0 unspecified atom stereocenters. The molecule has 0 spiro atoms. The maximum absolute atomic E-state index is 12.5. The Morgan fingerprint density at radius 2 is 2.00 bits per heavy atom. The summed E-state index contributed by atoms with van der Waals surface area (Å²) in [6.45, 7) is 0. The van der Waals surface area contributed by atoms with Crippen molar-refractivity contribution in [3.05, 3.63) is 63.4 Å². The number of aromatic amines is 1. The van der Waals surface area contributed by atoms with Gasteiger partial charge >= 0.3 is 5.69 Å². The average Bonchev–Trinajstić information content (AvgIpc) is 2.48. The Bertz CT molecular complexity index is 882. The van der Waals surface area contributed by atoms with Gasteiger partial charge < -0.3 is 9.72 Å². The molecule has 0 atom stereocenters. The zero-order valence-electron chi connectivity index (χ0n) is 10.7. The van der Waals surface area contributed by atoms with E-state index in [1.54, 1.807) is 36.4 Å². The summed E-state index contributed by atoms with van der Waals surface area (Å²) in [5.74, 6) is 0.730. The van der Waals surface area contributed by atoms with Gasteiger partial charge in [0.15, 0.2) is 0 Å². The highest BCUT2D eigenvalue weighted by molar-refractivity contribution is 5.83. The highest BCUT2D eigenvalue weighted by Crippen LogP contribution is 2.19. The van der Waals surface area contributed by atoms with Crippen LogP contribution in [0.3, 0.4) is 0 Å². The number of hydrogen-bond donors (Lipinski definition) is 1. The van der Waals surface area contributed by atoms with E-state index in [1.807, 2.05) is 0 Å². The van der Waals surface area contributed by atoms with Crippen LogP contribution in [0.1, 0.15) is 0 Å². The molecule has 2 heterocycles. The molecule has 0 fully saturated rings. The van der Waals surface area contributed by atoms with E-state index in [-0.39, 0.29) is 5.82 Å². The van der Waals surface area contributed by atoms with Crippen LogP contribution in [0.25, 0.3) is 16.7 Å². The Morgan fingerprint density at radius 1 is 1.15 bits per heavy atom. The van der Waals surface area contributed by atoms with E-state index in [1.165, 1.54) is 13.3 Å². The SMILES string of the molecule is COc1cccc2c(=O)n(-c3ccccn3)c(=O)[nH]c12. The van der Waals surface area contributed by atoms with Crippen LogP contribution in [0.2, 0.25) is 0 Å². The maximum Gasteiger partial charge on any atom is 0.334 e. The van der Waals surface area contributed by atoms with E-state index in [0.29, 0.717) is 16.7 Å². The Kier molecular flexibility index (Phi) is 2.83. The van der Waals surface area contributed by atoms with Gasteiger partial charge in [-0.05, 0) is 24.3 Å². The van der Waals surface area contributed by atoms with Crippen LogP contribution in [-0.4, -0.2) is 21.6 Å². The van der Waals surface area contributed by atoms with Gasteiger partial charge in [-0.25, -0.2) is 14.3 Å². The minimum Gasteiger partial charge on any atom is -0.495 e. The topological polar surface area (TPSA) is 77.0 Å². The first-order valence-corrected chi connectivity index (χ1v) is 5.96. The van der Waals surface area contributed by atoms with Crippen LogP contribution >= 0.6 is 0 Å². The predicted octanol–water partition coefficient (Wildman–Crippen LogP) is 1.08. The molecule has 2 aromatic heterocycles. The number of rotatable bonds is 2. The third-order valence-corrected chi connectivity index (χ3v) is 2.99. The van der Waals surface area contributed by atoms with E-state index >= 15 is 0 Å². The molecule has 0 amide bonds. The van der Waals surface area contributed by atoms with E-state index in [2.05, 4.69) is 9.97 Å². The van der Waals surface area contributed by atoms with Crippen molar-refractivity contribution in [1.29, 1.82) is 0 Å². The van der Waals surface area contributed by atoms with Gasteiger partial charge in [0.1, 0.15) is 11.6 Å². The van der Waals surface area contributed by atoms with Gasteiger partial charge in [-0.2, -0.15) is 0 Å². The fourth-order valence-electron chi connectivity index (χ4n) is 2.08. The fraction of sp³-hybridized carbons (Fsp3) is 0.0714. The van der Waals surface area contributed by atoms with Gasteiger partial charge in [-0.3, -0.25) is 4.79 Å². The summed E-state index contributed by atoms with van der Waals surface area (Å²) in [4.78, 5) is 31.3. The minimum atomic E-state index is -0.550. The summed E-state index contributed by atoms with van der Waals surface area (Å²) in [7, 11) is 1.48. The molecular weight excluding hydrogens is 258 g/mol. The first-order chi connectivity index (χ1) is 9.72. The lowest BCUT2D eigenvalue weighted by Crippen LogP contribution is -2.34. The molecule has 100 valence electrons. The molecule has 0 saturated carbocycles. The molecular formula is C14H11N3O3. The maximum atomic E-state index is 12.5. The summed E-state index contributed by atoms with van der Waals surface area (Å²) < 4.78 is 6.15. The number of aromatic nitrogens is 3. The summed E-state index contributed by atoms with van der Waals surface area (Å²) >= 11 is 0. The van der Waals surface area contributed by atoms with Gasteiger partial charge in [-0.15, -0.1) is 0 Å². The van der Waals surface area contributed by atoms with Crippen molar-refractivity contribution in [2.24, 2.45) is 0 Å². The number of para-hydroxylation sites is 1. The number of nitrogens with zero attached hydrogens (tertiary/aromatic N) is 2. The lowest BCUT2D eigenvalue weighted by atomic mass is 10.2. The van der Waals surface area contributed by atoms with Crippen molar-refractivity contribution in [3.63, 3.8) is 0 Å². The third kappa shape index (κ3) is 1.78. The summed E-state index contributed by atoms with van der Waals surface area (Å²) in [6.07, 6.45) is 1.52. The molecule has 0 aliphatic rings. The van der Waals surface area contributed by atoms with E-state index in [0.717, 1.165) is 4.57 Å². The fourth-order valence-corrected chi connectivity index (χ4v) is 2.08. The second-order valence-electron chi connectivity index (χ2n) is 4.14. The standard InChI is InChI=1S/C14H11N3O3/c1-20-10-6-4-5-9-12(10)16-14(19)17(13(9)18)11-7-2-3-8-15-11/h2-8H,1H3,(H,16,19). The first kappa shape index (κ1) is 12.2. The van der Waals surface area contributed by atoms with Gasteiger partial charge in [0.05, 0.1) is 18.0 Å². The molecule has 0 radical (unpaired) electrons. The van der Waals surface area contributed by atoms with E-state index in [4.69, 9.17) is 4.74 Å². The van der Waals surface area contributed by atoms with Crippen LogP contribution in [-0.2, 0) is 0 Å². The molecule has 1 aromatic carbocycles. The largest absolute Gasteiger partial charge is 0.495 e. The quantitative estimate of drug-likeness (QED) is 0.755. The molecule has 1 N–H and O–H groups in total. The van der Waals surface area contributed by atoms with Gasteiger partial charge in [0, 0.05) is 6.20 Å². The smallest absolute Gasteiger partial charge is 0.334 e. The lowest BCUT2D eigenvalue weighted by Gasteiger charge is -2.07. The zero-order chi connectivity index (χ0) is 14.1. The van der Waals surface area contributed by atoms with Crippen LogP contribution in [0, 0.1) is 0 Å². The van der Waals surface area contributed by atoms with Crippen molar-refractivity contribution in [2.75, 3.05) is 7.11 Å². The molecule has 6 heteroatoms. The monoisotopic (exact) mass is 269 g/mol. The van der Waals surface area contributed by atoms with Crippen molar-refractivity contribution in [3.8, 4) is 11.6 Å². The van der Waals surface area contributed by atoms with Crippen LogP contribution in [0.15, 0.2) is 52.2 Å². The Labute approximate surface area is 113 Å². The number of pyridine rings is 1. The molecule has 0 saturated heterocycles. The van der Waals surface area contributed by atoms with E-state index < -0.39 is 11.2 Å². The van der Waals surface area contributed by atoms with Crippen LogP contribution in [0.5, 0.6) is 5.75 Å². The van der Waals surface area contributed by atoms with Crippen molar-refractivity contribution in [2.45, 2.75) is 0 Å². The van der Waals surface area contributed by atoms with Crippen molar-refractivity contribution in [1.82, 2.24) is 14.5 Å². The molecule has 6 nitrogen and oxygen atoms in total. The normalized spacial score (nSPS) is 10.7. The second kappa shape index (κ2) is 4.65. The second-order valence-corrected chi connectivity index (χ2v) is 4.14. The molecule has 0 aliphatic heterocycles. The van der Waals surface area contributed by atoms with E-state index in [9.17, 15) is 9.59 Å². The first-order valence-electron chi connectivity index (χ1n) is 5.96. The summed E-state index contributed by atoms with van der Waals surface area (Å²) in [5.41, 5.74) is -0.593. The lowest BCUT2D eigenvalue weighted by molar-refractivity contribution is 0.418. The molecule has 0 aliphatic carbocycles. The number of H-pyrrole nitrogens is 1. The van der Waals surface area contributed by atoms with Gasteiger partial charge in [0.2, 0.25) is 0 Å². The number of fused-ring (bicyclic) bond motifs is 1. The number of nitrogens with one attached hydrogen (secondary N) is 1. The average molecular weight is 269 g/mol. The third-order valence-electron chi connectivity index (χ3n) is 2.99.